The minimum Gasteiger partial charge on any atom is -0.288 e. The van der Waals surface area contributed by atoms with Crippen LogP contribution in [0.5, 0.6) is 0 Å². The number of para-hydroxylation sites is 1. The van der Waals surface area contributed by atoms with Crippen molar-refractivity contribution in [2.45, 2.75) is 32.1 Å². The maximum absolute atomic E-state index is 14.4. The monoisotopic (exact) mass is 788 g/mol. The van der Waals surface area contributed by atoms with Gasteiger partial charge in [-0.3, -0.25) is 24.5 Å². The third-order valence-electron chi connectivity index (χ3n) is 13.8. The van der Waals surface area contributed by atoms with Gasteiger partial charge in [-0.25, -0.2) is 4.90 Å². The smallest absolute Gasteiger partial charge is 0.265 e. The molecule has 2 heterocycles. The Morgan fingerprint density at radius 3 is 1.75 bits per heavy atom. The second-order valence-corrected chi connectivity index (χ2v) is 16.7. The minimum atomic E-state index is -0.378. The fourth-order valence-electron chi connectivity index (χ4n) is 11.3. The number of benzene rings is 7. The Morgan fingerprint density at radius 2 is 1.10 bits per heavy atom. The number of imide groups is 2. The van der Waals surface area contributed by atoms with Crippen LogP contribution in [0.2, 0.25) is 0 Å². The summed E-state index contributed by atoms with van der Waals surface area (Å²) < 4.78 is 0. The number of amides is 4. The zero-order chi connectivity index (χ0) is 41.6. The number of hydrogen-bond acceptors (Lipinski definition) is 4. The molecular weight excluding hydrogens is 753 g/mol. The summed E-state index contributed by atoms with van der Waals surface area (Å²) in [5.74, 6) is -1.51. The molecular formula is C55H36N2O4. The highest BCUT2D eigenvalue weighted by Crippen LogP contribution is 2.56. The molecule has 2 unspecified atom stereocenters. The van der Waals surface area contributed by atoms with E-state index in [1.165, 1.54) is 27.0 Å². The first-order chi connectivity index (χ1) is 29.7. The zero-order valence-corrected chi connectivity index (χ0v) is 33.5. The van der Waals surface area contributed by atoms with E-state index in [9.17, 15) is 19.2 Å². The van der Waals surface area contributed by atoms with Crippen LogP contribution in [0.1, 0.15) is 84.6 Å². The van der Waals surface area contributed by atoms with Gasteiger partial charge in [0, 0.05) is 45.9 Å². The van der Waals surface area contributed by atoms with Crippen molar-refractivity contribution in [2.24, 2.45) is 0 Å². The molecule has 2 atom stereocenters. The number of nitrogens with zero attached hydrogens (tertiary/aromatic N) is 1. The summed E-state index contributed by atoms with van der Waals surface area (Å²) in [5, 5.41) is 11.7. The number of rotatable bonds is 3. The molecule has 6 nitrogen and oxygen atoms in total. The van der Waals surface area contributed by atoms with Gasteiger partial charge < -0.3 is 0 Å². The average Bonchev–Trinajstić information content (AvgIpc) is 3.53. The second-order valence-electron chi connectivity index (χ2n) is 16.7. The third kappa shape index (κ3) is 4.46. The van der Waals surface area contributed by atoms with Crippen LogP contribution in [-0.4, -0.2) is 23.6 Å². The van der Waals surface area contributed by atoms with Gasteiger partial charge in [0.1, 0.15) is 0 Å². The normalized spacial score (nSPS) is 21.3. The molecule has 12 rings (SSSR count). The van der Waals surface area contributed by atoms with E-state index in [4.69, 9.17) is 0 Å². The summed E-state index contributed by atoms with van der Waals surface area (Å²) in [6, 6.07) is 29.9. The molecule has 7 aromatic rings. The maximum Gasteiger partial charge on any atom is 0.265 e. The van der Waals surface area contributed by atoms with Crippen molar-refractivity contribution in [1.29, 1.82) is 0 Å². The largest absolute Gasteiger partial charge is 0.288 e. The lowest BCUT2D eigenvalue weighted by Crippen LogP contribution is -2.36. The Balaban J connectivity index is 1.12. The van der Waals surface area contributed by atoms with Gasteiger partial charge in [-0.2, -0.15) is 0 Å². The van der Waals surface area contributed by atoms with Gasteiger partial charge in [0.05, 0.1) is 5.69 Å². The van der Waals surface area contributed by atoms with Crippen LogP contribution in [0.25, 0.3) is 60.3 Å². The Hall–Kier alpha value is -7.70. The van der Waals surface area contributed by atoms with Crippen molar-refractivity contribution >= 4 is 89.6 Å². The van der Waals surface area contributed by atoms with E-state index in [1.54, 1.807) is 12.1 Å². The standard InChI is InChI=1S/C55H36N2O4/c1-5-10-33-37-19-20-40-36-21-23-41-44-26-29(54(60)57(55(41)61)30-12-8-7-9-13-30)14-15-35(47(36)44)39-18-16-31(48(37)50(39)40)27(3)45(33)46-28(4)32-17-24-42-51-43(53(59)56-52(42)58)25-22-38(49(32)51)34(46)11-6-2/h5-25,27-28H,1-2,26H2,3-4H3,(H,56,58,59)/b33-10-,34-11-,46-45+. The first-order valence-electron chi connectivity index (χ1n) is 20.7. The van der Waals surface area contributed by atoms with E-state index < -0.39 is 0 Å². The fourth-order valence-corrected chi connectivity index (χ4v) is 11.3. The molecule has 0 saturated heterocycles. The van der Waals surface area contributed by atoms with E-state index >= 15 is 0 Å². The van der Waals surface area contributed by atoms with Gasteiger partial charge in [0.15, 0.2) is 0 Å². The molecule has 1 N–H and O–H groups in total. The molecule has 4 amide bonds. The van der Waals surface area contributed by atoms with Crippen molar-refractivity contribution in [3.8, 4) is 0 Å². The van der Waals surface area contributed by atoms with Crippen LogP contribution in [0, 0.1) is 0 Å². The average molecular weight is 789 g/mol. The second kappa shape index (κ2) is 12.4. The summed E-state index contributed by atoms with van der Waals surface area (Å²) in [5.41, 5.74) is 12.4. The van der Waals surface area contributed by atoms with E-state index in [0.29, 0.717) is 39.8 Å². The lowest BCUT2D eigenvalue weighted by Gasteiger charge is -2.37. The molecule has 0 spiro atoms. The van der Waals surface area contributed by atoms with Crippen LogP contribution in [0.15, 0.2) is 151 Å². The molecule has 5 aliphatic rings. The van der Waals surface area contributed by atoms with Crippen LogP contribution >= 0.6 is 0 Å². The number of hydrogen-bond donors (Lipinski definition) is 1. The molecule has 0 fully saturated rings. The Kier molecular flexibility index (Phi) is 7.18. The number of carbonyl (C=O) groups is 4. The van der Waals surface area contributed by atoms with E-state index in [-0.39, 0.29) is 35.5 Å². The molecule has 0 aromatic heterocycles. The van der Waals surface area contributed by atoms with Gasteiger partial charge in [-0.1, -0.05) is 124 Å². The van der Waals surface area contributed by atoms with Gasteiger partial charge in [0.25, 0.3) is 23.6 Å². The van der Waals surface area contributed by atoms with E-state index in [0.717, 1.165) is 70.9 Å². The molecule has 290 valence electrons. The van der Waals surface area contributed by atoms with Gasteiger partial charge in [-0.05, 0) is 123 Å². The molecule has 0 saturated carbocycles. The molecule has 7 aromatic carbocycles. The van der Waals surface area contributed by atoms with Crippen molar-refractivity contribution in [3.63, 3.8) is 0 Å². The molecule has 3 aliphatic carbocycles. The molecule has 61 heavy (non-hydrogen) atoms. The van der Waals surface area contributed by atoms with Gasteiger partial charge in [-0.15, -0.1) is 0 Å². The molecule has 6 heteroatoms. The highest BCUT2D eigenvalue weighted by Gasteiger charge is 2.39. The van der Waals surface area contributed by atoms with Crippen LogP contribution in [0.3, 0.4) is 0 Å². The summed E-state index contributed by atoms with van der Waals surface area (Å²) in [6.45, 7) is 12.9. The summed E-state index contributed by atoms with van der Waals surface area (Å²) in [6.07, 6.45) is 12.2. The van der Waals surface area contributed by atoms with E-state index in [1.807, 2.05) is 60.7 Å². The Bertz CT molecular complexity index is 3540. The van der Waals surface area contributed by atoms with Gasteiger partial charge in [0.2, 0.25) is 0 Å². The minimum absolute atomic E-state index is 0.0470. The predicted octanol–water partition coefficient (Wildman–Crippen LogP) is 10.7. The first kappa shape index (κ1) is 35.3. The highest BCUT2D eigenvalue weighted by atomic mass is 16.2. The maximum atomic E-state index is 14.4. The SMILES string of the molecule is C=C\C=C1/C(=C2/C(=C\C=C)c3ccc4c5ccc6c7c5c(c5ccc(c3c54)C2C)=CC=C(C7)C(=O)N(c2ccccc2)C6=O)C(C)c2ccc3c4c(ccc1c24)C(=O)NC3=O. The van der Waals surface area contributed by atoms with Crippen molar-refractivity contribution in [1.82, 2.24) is 5.32 Å². The number of nitrogens with one attached hydrogen (secondary N) is 1. The first-order valence-corrected chi connectivity index (χ1v) is 20.7. The van der Waals surface area contributed by atoms with Crippen molar-refractivity contribution in [3.05, 3.63) is 201 Å². The van der Waals surface area contributed by atoms with Gasteiger partial charge >= 0.3 is 0 Å². The zero-order valence-electron chi connectivity index (χ0n) is 33.5. The van der Waals surface area contributed by atoms with Crippen molar-refractivity contribution in [2.75, 3.05) is 4.90 Å². The number of anilines is 1. The Labute approximate surface area is 350 Å². The number of carbonyl (C=O) groups excluding carboxylic acids is 4. The highest BCUT2D eigenvalue weighted by molar-refractivity contribution is 6.32. The van der Waals surface area contributed by atoms with Crippen LogP contribution in [0.4, 0.5) is 5.69 Å². The fraction of sp³-hybridized carbons (Fsp3) is 0.0909. The molecule has 2 aliphatic heterocycles. The van der Waals surface area contributed by atoms with Crippen LogP contribution in [-0.2, 0) is 11.2 Å². The summed E-state index contributed by atoms with van der Waals surface area (Å²) >= 11 is 0. The molecule has 2 bridgehead atoms. The van der Waals surface area contributed by atoms with Crippen molar-refractivity contribution < 1.29 is 19.2 Å². The lowest BCUT2D eigenvalue weighted by molar-refractivity contribution is -0.114. The summed E-state index contributed by atoms with van der Waals surface area (Å²) in [4.78, 5) is 56.1. The summed E-state index contributed by atoms with van der Waals surface area (Å²) in [7, 11) is 0. The van der Waals surface area contributed by atoms with Crippen LogP contribution < -0.4 is 15.4 Å². The number of fused-ring (bicyclic) bond motifs is 3. The topological polar surface area (TPSA) is 83.6 Å². The molecule has 0 radical (unpaired) electrons. The lowest BCUT2D eigenvalue weighted by atomic mass is 9.66. The number of allylic oxidation sites excluding steroid dienone is 9. The predicted molar refractivity (Wildman–Crippen MR) is 245 cm³/mol. The third-order valence-corrected chi connectivity index (χ3v) is 13.8. The quantitative estimate of drug-likeness (QED) is 0.110. The Morgan fingerprint density at radius 1 is 0.557 bits per heavy atom. The van der Waals surface area contributed by atoms with E-state index in [2.05, 4.69) is 86.9 Å².